The van der Waals surface area contributed by atoms with Crippen LogP contribution in [0.4, 0.5) is 5.82 Å². The zero-order valence-electron chi connectivity index (χ0n) is 13.9. The Labute approximate surface area is 142 Å². The molecule has 1 aromatic carbocycles. The summed E-state index contributed by atoms with van der Waals surface area (Å²) in [5, 5.41) is 3.41. The van der Waals surface area contributed by atoms with Gasteiger partial charge in [0.1, 0.15) is 12.1 Å². The molecule has 1 aliphatic heterocycles. The Bertz CT molecular complexity index is 736. The quantitative estimate of drug-likeness (QED) is 0.938. The van der Waals surface area contributed by atoms with Gasteiger partial charge in [0, 0.05) is 30.8 Å². The summed E-state index contributed by atoms with van der Waals surface area (Å²) < 4.78 is 0. The van der Waals surface area contributed by atoms with Crippen molar-refractivity contribution in [3.05, 3.63) is 53.5 Å². The summed E-state index contributed by atoms with van der Waals surface area (Å²) in [5.41, 5.74) is 3.78. The molecular formula is C19H22N4O. The van der Waals surface area contributed by atoms with Crippen LogP contribution in [0.3, 0.4) is 0 Å². The molecule has 1 unspecified atom stereocenters. The zero-order chi connectivity index (χ0) is 16.5. The third kappa shape index (κ3) is 2.86. The Kier molecular flexibility index (Phi) is 3.92. The van der Waals surface area contributed by atoms with E-state index in [9.17, 15) is 4.79 Å². The van der Waals surface area contributed by atoms with Crippen molar-refractivity contribution in [2.45, 2.75) is 44.7 Å². The number of anilines is 1. The van der Waals surface area contributed by atoms with E-state index in [1.807, 2.05) is 6.07 Å². The molecule has 1 saturated heterocycles. The van der Waals surface area contributed by atoms with Crippen molar-refractivity contribution in [1.29, 1.82) is 0 Å². The van der Waals surface area contributed by atoms with Gasteiger partial charge in [-0.25, -0.2) is 9.97 Å². The van der Waals surface area contributed by atoms with Gasteiger partial charge in [-0.2, -0.15) is 0 Å². The second-order valence-electron chi connectivity index (χ2n) is 6.67. The van der Waals surface area contributed by atoms with E-state index in [0.717, 1.165) is 37.3 Å². The van der Waals surface area contributed by atoms with Crippen molar-refractivity contribution in [2.24, 2.45) is 0 Å². The molecule has 1 atom stereocenters. The highest BCUT2D eigenvalue weighted by atomic mass is 16.2. The second-order valence-corrected chi connectivity index (χ2v) is 6.67. The highest BCUT2D eigenvalue weighted by Crippen LogP contribution is 2.28. The third-order valence-electron chi connectivity index (χ3n) is 5.07. The summed E-state index contributed by atoms with van der Waals surface area (Å²) in [6.07, 6.45) is 4.96. The maximum Gasteiger partial charge on any atom is 0.225 e. The lowest BCUT2D eigenvalue weighted by molar-refractivity contribution is -0.129. The third-order valence-corrected chi connectivity index (χ3v) is 5.07. The molecule has 4 rings (SSSR count). The first-order valence-corrected chi connectivity index (χ1v) is 8.66. The van der Waals surface area contributed by atoms with Crippen molar-refractivity contribution < 1.29 is 4.79 Å². The molecule has 2 aliphatic rings. The van der Waals surface area contributed by atoms with E-state index in [4.69, 9.17) is 0 Å². The molecule has 2 heterocycles. The maximum absolute atomic E-state index is 12.5. The lowest BCUT2D eigenvalue weighted by Crippen LogP contribution is -2.38. The van der Waals surface area contributed by atoms with E-state index >= 15 is 0 Å². The number of rotatable bonds is 4. The van der Waals surface area contributed by atoms with E-state index in [2.05, 4.69) is 51.4 Å². The number of hydrogen-bond donors (Lipinski definition) is 1. The molecule has 5 heteroatoms. The molecule has 1 aliphatic carbocycles. The number of likely N-dealkylation sites (tertiary alicyclic amines) is 1. The normalized spacial score (nSPS) is 20.5. The number of fused-ring (bicyclic) bond motifs is 1. The lowest BCUT2D eigenvalue weighted by atomic mass is 10.1. The van der Waals surface area contributed by atoms with Crippen LogP contribution in [0.1, 0.15) is 30.2 Å². The van der Waals surface area contributed by atoms with Gasteiger partial charge in [-0.1, -0.05) is 31.2 Å². The first kappa shape index (κ1) is 15.1. The molecule has 2 aromatic rings. The fourth-order valence-corrected chi connectivity index (χ4v) is 3.82. The summed E-state index contributed by atoms with van der Waals surface area (Å²) in [6.45, 7) is 2.83. The van der Waals surface area contributed by atoms with Crippen LogP contribution in [0.15, 0.2) is 36.7 Å². The maximum atomic E-state index is 12.5. The van der Waals surface area contributed by atoms with Crippen LogP contribution in [-0.2, 0) is 24.1 Å². The summed E-state index contributed by atoms with van der Waals surface area (Å²) >= 11 is 0. The van der Waals surface area contributed by atoms with E-state index in [0.29, 0.717) is 12.5 Å². The molecule has 1 fully saturated rings. The van der Waals surface area contributed by atoms with Gasteiger partial charge in [-0.05, 0) is 30.4 Å². The minimum atomic E-state index is 0.126. The highest BCUT2D eigenvalue weighted by Gasteiger charge is 2.37. The van der Waals surface area contributed by atoms with Gasteiger partial charge < -0.3 is 10.2 Å². The van der Waals surface area contributed by atoms with Crippen molar-refractivity contribution >= 4 is 11.7 Å². The molecule has 1 amide bonds. The summed E-state index contributed by atoms with van der Waals surface area (Å²) in [4.78, 5) is 23.0. The van der Waals surface area contributed by atoms with Crippen LogP contribution in [0.25, 0.3) is 0 Å². The molecule has 0 spiro atoms. The number of benzene rings is 1. The SMILES string of the molecule is CCc1cc(NC2CC(=O)N(C3Cc4ccccc4C3)C2)ncn1. The van der Waals surface area contributed by atoms with Crippen molar-refractivity contribution in [3.8, 4) is 0 Å². The van der Waals surface area contributed by atoms with Gasteiger partial charge in [0.15, 0.2) is 0 Å². The van der Waals surface area contributed by atoms with Crippen LogP contribution in [0.2, 0.25) is 0 Å². The highest BCUT2D eigenvalue weighted by molar-refractivity contribution is 5.80. The number of aryl methyl sites for hydroxylation is 1. The Morgan fingerprint density at radius 1 is 1.17 bits per heavy atom. The number of hydrogen-bond acceptors (Lipinski definition) is 4. The summed E-state index contributed by atoms with van der Waals surface area (Å²) in [5.74, 6) is 1.06. The van der Waals surface area contributed by atoms with Crippen molar-refractivity contribution in [3.63, 3.8) is 0 Å². The van der Waals surface area contributed by atoms with Crippen LogP contribution in [-0.4, -0.2) is 39.4 Å². The molecule has 24 heavy (non-hydrogen) atoms. The summed E-state index contributed by atoms with van der Waals surface area (Å²) in [6, 6.07) is 10.9. The van der Waals surface area contributed by atoms with Crippen molar-refractivity contribution in [1.82, 2.24) is 14.9 Å². The first-order valence-electron chi connectivity index (χ1n) is 8.66. The fraction of sp³-hybridized carbons (Fsp3) is 0.421. The van der Waals surface area contributed by atoms with E-state index in [-0.39, 0.29) is 11.9 Å². The smallest absolute Gasteiger partial charge is 0.225 e. The monoisotopic (exact) mass is 322 g/mol. The van der Waals surface area contributed by atoms with E-state index in [1.54, 1.807) is 6.33 Å². The Morgan fingerprint density at radius 2 is 1.92 bits per heavy atom. The van der Waals surface area contributed by atoms with Gasteiger partial charge in [-0.15, -0.1) is 0 Å². The van der Waals surface area contributed by atoms with Gasteiger partial charge in [-0.3, -0.25) is 4.79 Å². The Balaban J connectivity index is 1.42. The molecule has 124 valence electrons. The van der Waals surface area contributed by atoms with Gasteiger partial charge in [0.25, 0.3) is 0 Å². The van der Waals surface area contributed by atoms with Gasteiger partial charge >= 0.3 is 0 Å². The molecule has 5 nitrogen and oxygen atoms in total. The molecule has 1 aromatic heterocycles. The number of carbonyl (C=O) groups is 1. The Hall–Kier alpha value is -2.43. The van der Waals surface area contributed by atoms with Gasteiger partial charge in [0.2, 0.25) is 5.91 Å². The van der Waals surface area contributed by atoms with Crippen LogP contribution >= 0.6 is 0 Å². The van der Waals surface area contributed by atoms with Crippen LogP contribution < -0.4 is 5.32 Å². The number of nitrogens with zero attached hydrogens (tertiary/aromatic N) is 3. The van der Waals surface area contributed by atoms with Gasteiger partial charge in [0.05, 0.1) is 6.04 Å². The Morgan fingerprint density at radius 3 is 2.62 bits per heavy atom. The predicted octanol–water partition coefficient (Wildman–Crippen LogP) is 2.22. The van der Waals surface area contributed by atoms with E-state index < -0.39 is 0 Å². The average Bonchev–Trinajstić information content (AvgIpc) is 3.18. The minimum absolute atomic E-state index is 0.126. The van der Waals surface area contributed by atoms with Crippen LogP contribution in [0.5, 0.6) is 0 Å². The van der Waals surface area contributed by atoms with Crippen LogP contribution in [0, 0.1) is 0 Å². The largest absolute Gasteiger partial charge is 0.365 e. The van der Waals surface area contributed by atoms with E-state index in [1.165, 1.54) is 11.1 Å². The molecule has 0 radical (unpaired) electrons. The molecule has 0 bridgehead atoms. The first-order chi connectivity index (χ1) is 11.7. The lowest BCUT2D eigenvalue weighted by Gasteiger charge is -2.24. The molecule has 1 N–H and O–H groups in total. The molecular weight excluding hydrogens is 300 g/mol. The topological polar surface area (TPSA) is 58.1 Å². The number of amides is 1. The molecule has 0 saturated carbocycles. The average molecular weight is 322 g/mol. The number of nitrogens with one attached hydrogen (secondary N) is 1. The zero-order valence-corrected chi connectivity index (χ0v) is 13.9. The minimum Gasteiger partial charge on any atom is -0.365 e. The standard InChI is InChI=1S/C19H22N4O/c1-2-15-9-18(21-12-20-15)22-16-10-19(24)23(11-16)17-7-13-5-3-4-6-14(13)8-17/h3-6,9,12,16-17H,2,7-8,10-11H2,1H3,(H,20,21,22). The van der Waals surface area contributed by atoms with Crippen molar-refractivity contribution in [2.75, 3.05) is 11.9 Å². The second kappa shape index (κ2) is 6.23. The fourth-order valence-electron chi connectivity index (χ4n) is 3.82. The predicted molar refractivity (Wildman–Crippen MR) is 92.8 cm³/mol. The number of aromatic nitrogens is 2. The summed E-state index contributed by atoms with van der Waals surface area (Å²) in [7, 11) is 0. The number of carbonyl (C=O) groups excluding carboxylic acids is 1.